The minimum Gasteiger partial charge on any atom is -0.504 e. The number of hydrogen-bond acceptors (Lipinski definition) is 8. The van der Waals surface area contributed by atoms with Gasteiger partial charge in [-0.1, -0.05) is 32.3 Å². The standard InChI is InChI=1S/C35H47N3O5/c1-4-25(8-11-31(43-24(2)39)20-30(40)10-7-26-9-12-32(41)33(18-26)42-3)17-27-22-37-23-28(27)21-35(14-5-6-15-35)29-13-16-38-34(36)19-29/h9,12-13,16,18-19,22,25,31,41H,4-8,10-11,14-15,17,20-21,23H2,1-3H3,(H2,36,38). The molecule has 8 nitrogen and oxygen atoms in total. The first-order valence-electron chi connectivity index (χ1n) is 15.7. The summed E-state index contributed by atoms with van der Waals surface area (Å²) in [5, 5.41) is 9.82. The average molecular weight is 590 g/mol. The van der Waals surface area contributed by atoms with Gasteiger partial charge in [0.1, 0.15) is 17.7 Å². The van der Waals surface area contributed by atoms with Crippen molar-refractivity contribution in [3.8, 4) is 11.5 Å². The molecule has 0 amide bonds. The molecule has 2 aliphatic rings. The van der Waals surface area contributed by atoms with E-state index in [4.69, 9.17) is 15.2 Å². The Morgan fingerprint density at radius 2 is 1.93 bits per heavy atom. The number of aromatic nitrogens is 1. The van der Waals surface area contributed by atoms with Gasteiger partial charge in [0, 0.05) is 32.2 Å². The number of Topliss-reactive ketones (excluding diaryl/α,β-unsaturated/α-hetero) is 1. The number of benzene rings is 1. The number of aromatic hydroxyl groups is 1. The lowest BCUT2D eigenvalue weighted by atomic mass is 9.73. The number of carbonyl (C=O) groups excluding carboxylic acids is 2. The van der Waals surface area contributed by atoms with Crippen LogP contribution in [0, 0.1) is 5.92 Å². The lowest BCUT2D eigenvalue weighted by Gasteiger charge is -2.31. The van der Waals surface area contributed by atoms with Crippen molar-refractivity contribution in [2.45, 2.75) is 102 Å². The molecule has 1 fully saturated rings. The van der Waals surface area contributed by atoms with Crippen molar-refractivity contribution >= 4 is 23.8 Å². The highest BCUT2D eigenvalue weighted by Crippen LogP contribution is 2.47. The number of phenolic OH excluding ortho intramolecular Hbond substituents is 1. The number of nitrogens with zero attached hydrogens (tertiary/aromatic N) is 2. The molecule has 2 unspecified atom stereocenters. The van der Waals surface area contributed by atoms with E-state index in [-0.39, 0.29) is 29.3 Å². The number of allylic oxidation sites excluding steroid dienone is 1. The molecule has 1 aromatic carbocycles. The number of carbonyl (C=O) groups is 2. The van der Waals surface area contributed by atoms with Crippen LogP contribution in [0.25, 0.3) is 0 Å². The van der Waals surface area contributed by atoms with E-state index in [9.17, 15) is 14.7 Å². The number of rotatable bonds is 16. The van der Waals surface area contributed by atoms with Crippen molar-refractivity contribution in [1.82, 2.24) is 4.98 Å². The first-order chi connectivity index (χ1) is 20.7. The number of methoxy groups -OCH3 is 1. The third kappa shape index (κ3) is 8.91. The Hall–Kier alpha value is -3.68. The lowest BCUT2D eigenvalue weighted by Crippen LogP contribution is -2.24. The first-order valence-corrected chi connectivity index (χ1v) is 15.7. The number of esters is 1. The summed E-state index contributed by atoms with van der Waals surface area (Å²) in [4.78, 5) is 33.7. The topological polar surface area (TPSA) is 124 Å². The van der Waals surface area contributed by atoms with Gasteiger partial charge in [-0.05, 0) is 103 Å². The van der Waals surface area contributed by atoms with Crippen LogP contribution in [0.1, 0.15) is 95.6 Å². The number of ketones is 1. The van der Waals surface area contributed by atoms with E-state index in [0.29, 0.717) is 36.7 Å². The van der Waals surface area contributed by atoms with Gasteiger partial charge in [0.15, 0.2) is 11.5 Å². The molecule has 4 rings (SSSR count). The van der Waals surface area contributed by atoms with Crippen LogP contribution < -0.4 is 10.5 Å². The number of pyridine rings is 1. The van der Waals surface area contributed by atoms with Crippen LogP contribution in [0.4, 0.5) is 5.82 Å². The third-order valence-electron chi connectivity index (χ3n) is 9.20. The number of hydrogen-bond donors (Lipinski definition) is 2. The van der Waals surface area contributed by atoms with Gasteiger partial charge in [-0.25, -0.2) is 4.98 Å². The average Bonchev–Trinajstić information content (AvgIpc) is 3.64. The molecule has 0 radical (unpaired) electrons. The Morgan fingerprint density at radius 3 is 2.63 bits per heavy atom. The molecule has 0 bridgehead atoms. The molecule has 0 spiro atoms. The fraction of sp³-hybridized carbons (Fsp3) is 0.543. The number of nitrogen functional groups attached to an aromatic ring is 1. The van der Waals surface area contributed by atoms with Crippen molar-refractivity contribution < 1.29 is 24.2 Å². The number of aryl methyl sites for hydroxylation is 1. The maximum absolute atomic E-state index is 12.9. The predicted molar refractivity (Wildman–Crippen MR) is 170 cm³/mol. The summed E-state index contributed by atoms with van der Waals surface area (Å²) in [5.41, 5.74) is 11.1. The summed E-state index contributed by atoms with van der Waals surface area (Å²) < 4.78 is 10.8. The van der Waals surface area contributed by atoms with Gasteiger partial charge < -0.3 is 20.3 Å². The van der Waals surface area contributed by atoms with E-state index < -0.39 is 6.10 Å². The summed E-state index contributed by atoms with van der Waals surface area (Å²) in [6.07, 6.45) is 13.7. The highest BCUT2D eigenvalue weighted by molar-refractivity contribution is 5.82. The Bertz CT molecular complexity index is 1330. The number of anilines is 1. The number of nitrogens with two attached hydrogens (primary N) is 1. The van der Waals surface area contributed by atoms with Crippen molar-refractivity contribution in [2.75, 3.05) is 19.4 Å². The first kappa shape index (κ1) is 32.2. The number of phenols is 1. The summed E-state index contributed by atoms with van der Waals surface area (Å²) in [7, 11) is 1.50. The molecule has 3 N–H and O–H groups in total. The molecule has 8 heteroatoms. The molecular formula is C35H47N3O5. The largest absolute Gasteiger partial charge is 0.504 e. The van der Waals surface area contributed by atoms with Gasteiger partial charge in [-0.3, -0.25) is 14.6 Å². The Labute approximate surface area is 255 Å². The molecule has 2 aromatic rings. The number of ether oxygens (including phenoxy) is 2. The zero-order valence-electron chi connectivity index (χ0n) is 25.9. The van der Waals surface area contributed by atoms with E-state index in [1.807, 2.05) is 12.3 Å². The minimum atomic E-state index is -0.432. The summed E-state index contributed by atoms with van der Waals surface area (Å²) >= 11 is 0. The molecular weight excluding hydrogens is 542 g/mol. The van der Waals surface area contributed by atoms with Crippen LogP contribution in [0.5, 0.6) is 11.5 Å². The summed E-state index contributed by atoms with van der Waals surface area (Å²) in [6.45, 7) is 4.36. The maximum Gasteiger partial charge on any atom is 0.302 e. The van der Waals surface area contributed by atoms with E-state index in [1.165, 1.54) is 43.6 Å². The van der Waals surface area contributed by atoms with Gasteiger partial charge in [0.25, 0.3) is 0 Å². The summed E-state index contributed by atoms with van der Waals surface area (Å²) in [5.74, 6) is 1.14. The molecule has 0 saturated heterocycles. The van der Waals surface area contributed by atoms with Gasteiger partial charge in [0.05, 0.1) is 13.7 Å². The van der Waals surface area contributed by atoms with E-state index in [2.05, 4.69) is 29.2 Å². The van der Waals surface area contributed by atoms with Crippen LogP contribution in [0.2, 0.25) is 0 Å². The van der Waals surface area contributed by atoms with Gasteiger partial charge in [-0.15, -0.1) is 0 Å². The maximum atomic E-state index is 12.9. The smallest absolute Gasteiger partial charge is 0.302 e. The lowest BCUT2D eigenvalue weighted by molar-refractivity contribution is -0.148. The van der Waals surface area contributed by atoms with Crippen LogP contribution in [-0.2, 0) is 26.2 Å². The third-order valence-corrected chi connectivity index (χ3v) is 9.20. The van der Waals surface area contributed by atoms with Crippen molar-refractivity contribution in [2.24, 2.45) is 10.9 Å². The normalized spacial score (nSPS) is 17.2. The van der Waals surface area contributed by atoms with Crippen molar-refractivity contribution in [3.63, 3.8) is 0 Å². The molecule has 1 aliphatic carbocycles. The van der Waals surface area contributed by atoms with Crippen LogP contribution in [0.15, 0.2) is 52.7 Å². The van der Waals surface area contributed by atoms with Crippen molar-refractivity contribution in [1.29, 1.82) is 0 Å². The van der Waals surface area contributed by atoms with E-state index >= 15 is 0 Å². The van der Waals surface area contributed by atoms with Gasteiger partial charge in [0.2, 0.25) is 0 Å². The summed E-state index contributed by atoms with van der Waals surface area (Å²) in [6, 6.07) is 9.29. The molecule has 232 valence electrons. The molecule has 2 heterocycles. The zero-order valence-corrected chi connectivity index (χ0v) is 25.9. The highest BCUT2D eigenvalue weighted by atomic mass is 16.5. The Balaban J connectivity index is 1.36. The van der Waals surface area contributed by atoms with E-state index in [1.54, 1.807) is 18.2 Å². The second kappa shape index (κ2) is 15.2. The molecule has 1 aromatic heterocycles. The van der Waals surface area contributed by atoms with Crippen LogP contribution >= 0.6 is 0 Å². The monoisotopic (exact) mass is 589 g/mol. The predicted octanol–water partition coefficient (Wildman–Crippen LogP) is 6.68. The SMILES string of the molecule is CCC(CCC(CC(=O)CCc1ccc(O)c(OC)c1)OC(C)=O)CC1=C(CC2(c3ccnc(N)c3)CCCC2)CN=C1. The minimum absolute atomic E-state index is 0.0536. The quantitative estimate of drug-likeness (QED) is 0.209. The Morgan fingerprint density at radius 1 is 1.14 bits per heavy atom. The zero-order chi connectivity index (χ0) is 30.8. The van der Waals surface area contributed by atoms with Gasteiger partial charge >= 0.3 is 5.97 Å². The molecule has 1 aliphatic heterocycles. The highest BCUT2D eigenvalue weighted by Gasteiger charge is 2.37. The fourth-order valence-corrected chi connectivity index (χ4v) is 6.77. The number of aliphatic imine (C=N–C) groups is 1. The van der Waals surface area contributed by atoms with E-state index in [0.717, 1.165) is 50.6 Å². The van der Waals surface area contributed by atoms with Crippen LogP contribution in [0.3, 0.4) is 0 Å². The second-order valence-corrected chi connectivity index (χ2v) is 12.3. The molecule has 1 saturated carbocycles. The van der Waals surface area contributed by atoms with Crippen LogP contribution in [-0.4, -0.2) is 47.8 Å². The molecule has 43 heavy (non-hydrogen) atoms. The van der Waals surface area contributed by atoms with Crippen molar-refractivity contribution in [3.05, 3.63) is 58.8 Å². The fourth-order valence-electron chi connectivity index (χ4n) is 6.77. The second-order valence-electron chi connectivity index (χ2n) is 12.3. The molecule has 2 atom stereocenters. The Kier molecular flexibility index (Phi) is 11.4. The van der Waals surface area contributed by atoms with Gasteiger partial charge in [-0.2, -0.15) is 0 Å².